The van der Waals surface area contributed by atoms with Crippen LogP contribution in [0.2, 0.25) is 11.6 Å². The van der Waals surface area contributed by atoms with Crippen LogP contribution < -0.4 is 0 Å². The second-order valence-corrected chi connectivity index (χ2v) is 7.96. The Kier molecular flexibility index (Phi) is 2.81. The van der Waals surface area contributed by atoms with Crippen LogP contribution >= 0.6 is 0 Å². The third-order valence-electron chi connectivity index (χ3n) is 3.72. The van der Waals surface area contributed by atoms with E-state index in [0.717, 1.165) is 0 Å². The first-order valence-electron chi connectivity index (χ1n) is 5.19. The van der Waals surface area contributed by atoms with Gasteiger partial charge in [-0.1, -0.05) is 25.0 Å². The molecule has 0 atom stereocenters. The van der Waals surface area contributed by atoms with Crippen molar-refractivity contribution in [2.45, 2.75) is 46.2 Å². The average Bonchev–Trinajstić information content (AvgIpc) is 2.12. The lowest BCUT2D eigenvalue weighted by molar-refractivity contribution is 0.571. The van der Waals surface area contributed by atoms with Crippen LogP contribution in [0.3, 0.4) is 0 Å². The maximum absolute atomic E-state index is 2.44. The lowest BCUT2D eigenvalue weighted by Gasteiger charge is -2.27. The smallest absolute Gasteiger partial charge is 0.119 e. The van der Waals surface area contributed by atoms with E-state index in [1.165, 1.54) is 0 Å². The highest BCUT2D eigenvalue weighted by Crippen LogP contribution is 2.46. The van der Waals surface area contributed by atoms with Gasteiger partial charge in [-0.25, -0.2) is 0 Å². The minimum atomic E-state index is -0.645. The molecule has 0 unspecified atom stereocenters. The molecule has 0 aromatic heterocycles. The van der Waals surface area contributed by atoms with E-state index in [0.29, 0.717) is 5.41 Å². The van der Waals surface area contributed by atoms with Crippen LogP contribution in [-0.4, -0.2) is 14.1 Å². The Labute approximate surface area is 87.1 Å². The van der Waals surface area contributed by atoms with Gasteiger partial charge >= 0.3 is 0 Å². The summed E-state index contributed by atoms with van der Waals surface area (Å²) >= 11 is -0.645. The highest BCUT2D eigenvalue weighted by Gasteiger charge is 2.36. The first-order valence-corrected chi connectivity index (χ1v) is 8.08. The van der Waals surface area contributed by atoms with Crippen molar-refractivity contribution in [2.24, 2.45) is 5.41 Å². The van der Waals surface area contributed by atoms with Crippen LogP contribution in [0.4, 0.5) is 0 Å². The molecule has 0 heterocycles. The van der Waals surface area contributed by atoms with E-state index in [2.05, 4.69) is 46.2 Å². The maximum atomic E-state index is 2.44. The molecule has 72 valence electrons. The molecular formula is C12H21Al. The number of hydrogen-bond donors (Lipinski definition) is 0. The Bertz CT molecular complexity index is 290. The van der Waals surface area contributed by atoms with Crippen molar-refractivity contribution in [2.75, 3.05) is 0 Å². The molecule has 0 aromatic carbocycles. The quantitative estimate of drug-likeness (QED) is 0.551. The van der Waals surface area contributed by atoms with Crippen LogP contribution in [0, 0.1) is 5.41 Å². The monoisotopic (exact) mass is 192 g/mol. The van der Waals surface area contributed by atoms with E-state index in [1.54, 1.807) is 21.2 Å². The van der Waals surface area contributed by atoms with Gasteiger partial charge in [0.2, 0.25) is 0 Å². The fraction of sp³-hybridized carbons (Fsp3) is 0.667. The molecular weight excluding hydrogens is 171 g/mol. The van der Waals surface area contributed by atoms with Crippen molar-refractivity contribution in [3.8, 4) is 0 Å². The van der Waals surface area contributed by atoms with Crippen molar-refractivity contribution in [3.05, 3.63) is 21.2 Å². The molecule has 0 aliphatic heterocycles. The second-order valence-electron chi connectivity index (χ2n) is 5.07. The molecule has 0 saturated heterocycles. The van der Waals surface area contributed by atoms with Crippen molar-refractivity contribution in [3.63, 3.8) is 0 Å². The summed E-state index contributed by atoms with van der Waals surface area (Å²) in [6, 6.07) is 0. The summed E-state index contributed by atoms with van der Waals surface area (Å²) in [6.07, 6.45) is 0. The minimum Gasteiger partial charge on any atom is -0.119 e. The molecule has 1 aliphatic rings. The standard InChI is InChI=1S/C10H15.2CH3.Al/c1-7-6-10(4,5)9(3)8(7)2;;;/h1-5H3;2*1H3;. The van der Waals surface area contributed by atoms with Gasteiger partial charge in [-0.3, -0.25) is 0 Å². The third kappa shape index (κ3) is 1.53. The zero-order valence-electron chi connectivity index (χ0n) is 10.1. The Morgan fingerprint density at radius 2 is 1.38 bits per heavy atom. The zero-order chi connectivity index (χ0) is 10.4. The summed E-state index contributed by atoms with van der Waals surface area (Å²) < 4.78 is 1.77. The Hall–Kier alpha value is 0.0125. The van der Waals surface area contributed by atoms with Crippen molar-refractivity contribution in [1.82, 2.24) is 0 Å². The Balaban J connectivity index is 3.28. The summed E-state index contributed by atoms with van der Waals surface area (Å²) in [5.74, 6) is 4.87. The van der Waals surface area contributed by atoms with E-state index in [9.17, 15) is 0 Å². The van der Waals surface area contributed by atoms with Crippen molar-refractivity contribution in [1.29, 1.82) is 0 Å². The molecule has 0 aromatic rings. The van der Waals surface area contributed by atoms with Crippen LogP contribution in [-0.2, 0) is 0 Å². The normalized spacial score (nSPS) is 21.5. The predicted octanol–water partition coefficient (Wildman–Crippen LogP) is 3.97. The zero-order valence-corrected chi connectivity index (χ0v) is 11.2. The van der Waals surface area contributed by atoms with Gasteiger partial charge in [0.25, 0.3) is 14.1 Å². The van der Waals surface area contributed by atoms with Gasteiger partial charge < -0.3 is 0 Å². The molecule has 1 aliphatic carbocycles. The highest BCUT2D eigenvalue weighted by atomic mass is 27.2. The Morgan fingerprint density at radius 1 is 0.923 bits per heavy atom. The topological polar surface area (TPSA) is 0 Å². The minimum absolute atomic E-state index is 0.356. The van der Waals surface area contributed by atoms with Crippen LogP contribution in [0.1, 0.15) is 34.6 Å². The lowest BCUT2D eigenvalue weighted by atomic mass is 9.87. The molecule has 0 bridgehead atoms. The van der Waals surface area contributed by atoms with E-state index in [-0.39, 0.29) is 0 Å². The summed E-state index contributed by atoms with van der Waals surface area (Å²) in [6.45, 7) is 11.6. The summed E-state index contributed by atoms with van der Waals surface area (Å²) in [5.41, 5.74) is 5.07. The van der Waals surface area contributed by atoms with Gasteiger partial charge in [-0.2, -0.15) is 0 Å². The second kappa shape index (κ2) is 3.30. The van der Waals surface area contributed by atoms with Gasteiger partial charge in [-0.15, -0.1) is 16.0 Å². The summed E-state index contributed by atoms with van der Waals surface area (Å²) in [5, 5.41) is 0. The molecule has 0 amide bonds. The molecule has 0 N–H and O–H groups in total. The van der Waals surface area contributed by atoms with Gasteiger partial charge in [0.15, 0.2) is 0 Å². The SMILES string of the molecule is CC1=C(C)C(C)(C)[C]([Al]([CH3])[CH3])=C1C. The van der Waals surface area contributed by atoms with Crippen LogP contribution in [0.15, 0.2) is 21.2 Å². The van der Waals surface area contributed by atoms with E-state index < -0.39 is 14.1 Å². The highest BCUT2D eigenvalue weighted by molar-refractivity contribution is 6.64. The van der Waals surface area contributed by atoms with Gasteiger partial charge in [0.1, 0.15) is 0 Å². The average molecular weight is 192 g/mol. The molecule has 1 heteroatoms. The molecule has 0 radical (unpaired) electrons. The van der Waals surface area contributed by atoms with E-state index >= 15 is 0 Å². The third-order valence-corrected chi connectivity index (χ3v) is 6.03. The molecule has 0 nitrogen and oxygen atoms in total. The van der Waals surface area contributed by atoms with Crippen molar-refractivity contribution < 1.29 is 0 Å². The van der Waals surface area contributed by atoms with Crippen LogP contribution in [0.5, 0.6) is 0 Å². The molecule has 1 rings (SSSR count). The van der Waals surface area contributed by atoms with Crippen molar-refractivity contribution >= 4 is 14.1 Å². The van der Waals surface area contributed by atoms with Gasteiger partial charge in [-0.05, 0) is 31.8 Å². The first-order chi connectivity index (χ1) is 5.80. The number of allylic oxidation sites excluding steroid dienone is 4. The molecule has 0 saturated carbocycles. The fourth-order valence-corrected chi connectivity index (χ4v) is 5.52. The molecule has 0 spiro atoms. The summed E-state index contributed by atoms with van der Waals surface area (Å²) in [4.78, 5) is 0. The maximum Gasteiger partial charge on any atom is 0.294 e. The summed E-state index contributed by atoms with van der Waals surface area (Å²) in [7, 11) is 0. The van der Waals surface area contributed by atoms with E-state index in [4.69, 9.17) is 0 Å². The molecule has 13 heavy (non-hydrogen) atoms. The fourth-order valence-electron chi connectivity index (χ4n) is 2.78. The van der Waals surface area contributed by atoms with Gasteiger partial charge in [0, 0.05) is 0 Å². The van der Waals surface area contributed by atoms with Crippen LogP contribution in [0.25, 0.3) is 0 Å². The Morgan fingerprint density at radius 3 is 1.54 bits per heavy atom. The lowest BCUT2D eigenvalue weighted by Crippen LogP contribution is -2.22. The van der Waals surface area contributed by atoms with Gasteiger partial charge in [0.05, 0.1) is 0 Å². The van der Waals surface area contributed by atoms with E-state index in [1.807, 2.05) is 0 Å². The first kappa shape index (κ1) is 11.1. The largest absolute Gasteiger partial charge is 0.294 e. The molecule has 0 fully saturated rings. The number of rotatable bonds is 1. The number of hydrogen-bond acceptors (Lipinski definition) is 0. The predicted molar refractivity (Wildman–Crippen MR) is 62.3 cm³/mol.